The third-order valence-electron chi connectivity index (χ3n) is 9.65. The number of carbonyl (C=O) groups is 1. The Balaban J connectivity index is 1.62. The van der Waals surface area contributed by atoms with Crippen molar-refractivity contribution in [1.82, 2.24) is 0 Å². The normalized spacial score (nSPS) is 13.2. The fraction of sp³-hybridized carbons (Fsp3) is 0.178. The van der Waals surface area contributed by atoms with E-state index in [1.807, 2.05) is 12.1 Å². The van der Waals surface area contributed by atoms with E-state index in [1.165, 1.54) is 55.6 Å². The van der Waals surface area contributed by atoms with E-state index in [4.69, 9.17) is 37.4 Å². The highest BCUT2D eigenvalue weighted by atomic mass is 35.5. The summed E-state index contributed by atoms with van der Waals surface area (Å²) in [7, 11) is -2.01. The summed E-state index contributed by atoms with van der Waals surface area (Å²) in [4.78, 5) is 12.7. The van der Waals surface area contributed by atoms with E-state index in [9.17, 15) is 22.4 Å². The molecule has 0 spiro atoms. The molecule has 0 amide bonds. The third-order valence-corrected chi connectivity index (χ3v) is 15.2. The number of hydrogen-bond acceptors (Lipinski definition) is 4. The highest BCUT2D eigenvalue weighted by Crippen LogP contribution is 2.51. The summed E-state index contributed by atoms with van der Waals surface area (Å²) in [5.41, 5.74) is 0.938. The minimum atomic E-state index is -1.64. The molecule has 7 rings (SSSR count). The first kappa shape index (κ1) is 40.7. The highest BCUT2D eigenvalue weighted by molar-refractivity contribution is 7.80. The molecule has 12 heteroatoms. The summed E-state index contributed by atoms with van der Waals surface area (Å²) in [6.07, 6.45) is 4.39. The van der Waals surface area contributed by atoms with Crippen LogP contribution in [0, 0.1) is 23.3 Å². The molecule has 0 N–H and O–H groups in total. The molecule has 1 aliphatic rings. The van der Waals surface area contributed by atoms with Crippen molar-refractivity contribution in [3.05, 3.63) is 155 Å². The van der Waals surface area contributed by atoms with Gasteiger partial charge in [0, 0.05) is 11.1 Å². The van der Waals surface area contributed by atoms with Gasteiger partial charge in [-0.3, -0.25) is 0 Å². The molecule has 0 unspecified atom stereocenters. The Hall–Kier alpha value is -4.45. The van der Waals surface area contributed by atoms with Crippen LogP contribution in [0.3, 0.4) is 0 Å². The molecule has 4 nitrogen and oxygen atoms in total. The fourth-order valence-corrected chi connectivity index (χ4v) is 12.2. The summed E-state index contributed by atoms with van der Waals surface area (Å²) in [6.45, 7) is -0.503. The topological polar surface area (TPSA) is 44.8 Å². The van der Waals surface area contributed by atoms with Crippen molar-refractivity contribution in [3.8, 4) is 22.6 Å². The molecule has 1 fully saturated rings. The second-order valence-corrected chi connectivity index (χ2v) is 18.5. The van der Waals surface area contributed by atoms with Crippen molar-refractivity contribution in [3.63, 3.8) is 0 Å². The maximum Gasteiger partial charge on any atom is 0.343 e. The molecular formula is C45H36Cl2F4O4P2. The van der Waals surface area contributed by atoms with Gasteiger partial charge >= 0.3 is 5.97 Å². The van der Waals surface area contributed by atoms with Crippen LogP contribution in [0.4, 0.5) is 17.6 Å². The monoisotopic (exact) mass is 848 g/mol. The standard InChI is InChI=1S/C45H36Cl2F4O4P2/c1-53-41(52)27-54-44-37(46)23-25-39(56(33-15-7-28(48)8-16-33)34-17-9-29(49)10-18-34)42(44)43-40(26-24-38(47)45(43)55-32-5-3-2-4-6-32)57(35-19-11-30(50)12-20-35)36-21-13-31(51)14-22-36/h7-26,32H,2-6,27H2,1H3. The average Bonchev–Trinajstić information content (AvgIpc) is 3.22. The quantitative estimate of drug-likeness (QED) is 0.0699. The van der Waals surface area contributed by atoms with Crippen LogP contribution < -0.4 is 41.3 Å². The van der Waals surface area contributed by atoms with Gasteiger partial charge < -0.3 is 14.2 Å². The second-order valence-electron chi connectivity index (χ2n) is 13.4. The van der Waals surface area contributed by atoms with Crippen LogP contribution in [0.25, 0.3) is 11.1 Å². The van der Waals surface area contributed by atoms with Gasteiger partial charge in [0.2, 0.25) is 0 Å². The van der Waals surface area contributed by atoms with E-state index in [0.717, 1.165) is 53.3 Å². The average molecular weight is 850 g/mol. The lowest BCUT2D eigenvalue weighted by Crippen LogP contribution is -2.28. The van der Waals surface area contributed by atoms with Gasteiger partial charge in [-0.05, 0) is 134 Å². The summed E-state index contributed by atoms with van der Waals surface area (Å²) in [5.74, 6) is -1.91. The molecular weight excluding hydrogens is 813 g/mol. The molecule has 57 heavy (non-hydrogen) atoms. The van der Waals surface area contributed by atoms with Crippen LogP contribution in [-0.4, -0.2) is 25.8 Å². The van der Waals surface area contributed by atoms with Crippen molar-refractivity contribution in [2.75, 3.05) is 13.7 Å². The smallest absolute Gasteiger partial charge is 0.343 e. The van der Waals surface area contributed by atoms with Gasteiger partial charge in [0.15, 0.2) is 6.61 Å². The number of carbonyl (C=O) groups excluding carboxylic acids is 1. The molecule has 1 saturated carbocycles. The van der Waals surface area contributed by atoms with Crippen molar-refractivity contribution < 1.29 is 36.6 Å². The minimum absolute atomic E-state index is 0.126. The van der Waals surface area contributed by atoms with Crippen LogP contribution in [0.15, 0.2) is 121 Å². The Morgan fingerprint density at radius 3 is 1.32 bits per heavy atom. The number of esters is 1. The van der Waals surface area contributed by atoms with Crippen LogP contribution in [0.5, 0.6) is 11.5 Å². The fourth-order valence-electron chi connectivity index (χ4n) is 6.96. The first-order chi connectivity index (χ1) is 27.6. The summed E-state index contributed by atoms with van der Waals surface area (Å²) in [6, 6.07) is 31.6. The van der Waals surface area contributed by atoms with Gasteiger partial charge in [-0.25, -0.2) is 22.4 Å². The van der Waals surface area contributed by atoms with E-state index in [0.29, 0.717) is 32.5 Å². The van der Waals surface area contributed by atoms with Gasteiger partial charge in [-0.15, -0.1) is 0 Å². The van der Waals surface area contributed by atoms with Gasteiger partial charge in [0.25, 0.3) is 0 Å². The molecule has 0 heterocycles. The Kier molecular flexibility index (Phi) is 13.2. The number of ether oxygens (including phenoxy) is 3. The molecule has 6 aromatic rings. The van der Waals surface area contributed by atoms with Gasteiger partial charge in [0.05, 0.1) is 23.3 Å². The SMILES string of the molecule is COC(=O)COc1c(Cl)ccc(P(c2ccc(F)cc2)c2ccc(F)cc2)c1-c1c(P(c2ccc(F)cc2)c2ccc(F)cc2)ccc(Cl)c1OC1CCCCC1. The maximum absolute atomic E-state index is 14.5. The molecule has 0 aromatic heterocycles. The summed E-state index contributed by atoms with van der Waals surface area (Å²) < 4.78 is 76.3. The highest BCUT2D eigenvalue weighted by Gasteiger charge is 2.33. The number of rotatable bonds is 12. The van der Waals surface area contributed by atoms with Crippen molar-refractivity contribution in [2.24, 2.45) is 0 Å². The lowest BCUT2D eigenvalue weighted by Gasteiger charge is -2.31. The van der Waals surface area contributed by atoms with Crippen molar-refractivity contribution in [1.29, 1.82) is 0 Å². The van der Waals surface area contributed by atoms with E-state index in [2.05, 4.69) is 0 Å². The molecule has 0 aliphatic heterocycles. The number of methoxy groups -OCH3 is 1. The van der Waals surface area contributed by atoms with E-state index in [1.54, 1.807) is 60.7 Å². The first-order valence-corrected chi connectivity index (χ1v) is 21.7. The van der Waals surface area contributed by atoms with Crippen LogP contribution in [0.1, 0.15) is 32.1 Å². The number of hydrogen-bond donors (Lipinski definition) is 0. The van der Waals surface area contributed by atoms with E-state index >= 15 is 0 Å². The molecule has 0 bridgehead atoms. The number of benzene rings is 6. The molecule has 1 aliphatic carbocycles. The predicted octanol–water partition coefficient (Wildman–Crippen LogP) is 10.00. The van der Waals surface area contributed by atoms with Crippen LogP contribution in [-0.2, 0) is 9.53 Å². The summed E-state index contributed by atoms with van der Waals surface area (Å²) >= 11 is 14.3. The lowest BCUT2D eigenvalue weighted by molar-refractivity contribution is -0.142. The van der Waals surface area contributed by atoms with Crippen molar-refractivity contribution >= 4 is 76.8 Å². The maximum atomic E-state index is 14.5. The zero-order valence-corrected chi connectivity index (χ0v) is 34.0. The lowest BCUT2D eigenvalue weighted by atomic mass is 9.97. The zero-order valence-electron chi connectivity index (χ0n) is 30.7. The van der Waals surface area contributed by atoms with Gasteiger partial charge in [-0.2, -0.15) is 0 Å². The minimum Gasteiger partial charge on any atom is -0.488 e. The van der Waals surface area contributed by atoms with E-state index in [-0.39, 0.29) is 16.9 Å². The number of halogens is 6. The van der Waals surface area contributed by atoms with Gasteiger partial charge in [-0.1, -0.05) is 90.3 Å². The van der Waals surface area contributed by atoms with Crippen molar-refractivity contribution in [2.45, 2.75) is 38.2 Å². The largest absolute Gasteiger partial charge is 0.488 e. The first-order valence-electron chi connectivity index (χ1n) is 18.3. The Morgan fingerprint density at radius 1 is 0.561 bits per heavy atom. The van der Waals surface area contributed by atoms with Crippen LogP contribution in [0.2, 0.25) is 10.0 Å². The molecule has 6 aromatic carbocycles. The molecule has 0 radical (unpaired) electrons. The summed E-state index contributed by atoms with van der Waals surface area (Å²) in [5, 5.41) is 4.72. The zero-order chi connectivity index (χ0) is 40.1. The Bertz CT molecular complexity index is 2250. The predicted molar refractivity (Wildman–Crippen MR) is 224 cm³/mol. The molecule has 0 atom stereocenters. The van der Waals surface area contributed by atoms with Crippen LogP contribution >= 0.6 is 39.0 Å². The second kappa shape index (κ2) is 18.4. The Morgan fingerprint density at radius 2 is 0.930 bits per heavy atom. The molecule has 0 saturated heterocycles. The van der Waals surface area contributed by atoms with E-state index < -0.39 is 51.7 Å². The van der Waals surface area contributed by atoms with Gasteiger partial charge in [0.1, 0.15) is 34.8 Å². The third kappa shape index (κ3) is 9.32. The molecule has 292 valence electrons. The Labute approximate surface area is 341 Å².